The Morgan fingerprint density at radius 1 is 1.26 bits per heavy atom. The van der Waals surface area contributed by atoms with Gasteiger partial charge in [-0.3, -0.25) is 4.79 Å². The standard InChI is InChI=1S/C26H31N7O.H2/c1-2-24(34)33-15-14-31(17-20(33)11-12-27)25-21-10-9-19(16-22(21)29-26(28)30-25)32-13-5-7-18-6-3-4-8-23(18)32;/h2-4,6,8,19-20H,1,5,7,9-11,13-17H2,(H2,28,29,30);1H/t19?,20-;/m0./s1. The molecule has 34 heavy (non-hydrogen) atoms. The summed E-state index contributed by atoms with van der Waals surface area (Å²) >= 11 is 0. The monoisotopic (exact) mass is 459 g/mol. The van der Waals surface area contributed by atoms with E-state index in [1.807, 2.05) is 0 Å². The Labute approximate surface area is 202 Å². The molecule has 1 aliphatic carbocycles. The Balaban J connectivity index is 0.00000289. The number of fused-ring (bicyclic) bond motifs is 2. The van der Waals surface area contributed by atoms with E-state index in [1.165, 1.54) is 23.7 Å². The van der Waals surface area contributed by atoms with Crippen LogP contribution in [0.15, 0.2) is 36.9 Å². The maximum Gasteiger partial charge on any atom is 0.246 e. The van der Waals surface area contributed by atoms with Crippen molar-refractivity contribution in [3.63, 3.8) is 0 Å². The van der Waals surface area contributed by atoms with Gasteiger partial charge < -0.3 is 20.4 Å². The number of aromatic nitrogens is 2. The molecule has 1 aromatic carbocycles. The number of aryl methyl sites for hydroxylation is 1. The molecular formula is C26H33N7O. The second-order valence-corrected chi connectivity index (χ2v) is 9.35. The first-order chi connectivity index (χ1) is 16.6. The van der Waals surface area contributed by atoms with Crippen molar-refractivity contribution in [3.8, 4) is 6.07 Å². The molecule has 2 aliphatic heterocycles. The lowest BCUT2D eigenvalue weighted by atomic mass is 9.88. The molecule has 1 unspecified atom stereocenters. The molecule has 1 saturated heterocycles. The van der Waals surface area contributed by atoms with Gasteiger partial charge in [0.05, 0.1) is 24.2 Å². The van der Waals surface area contributed by atoms with Gasteiger partial charge in [-0.05, 0) is 43.4 Å². The third-order valence-corrected chi connectivity index (χ3v) is 7.40. The van der Waals surface area contributed by atoms with Crippen molar-refractivity contribution in [3.05, 3.63) is 53.7 Å². The normalized spacial score (nSPS) is 21.9. The topological polar surface area (TPSA) is 102 Å². The number of anilines is 3. The molecule has 0 bridgehead atoms. The number of nitrogens with two attached hydrogens (primary N) is 1. The van der Waals surface area contributed by atoms with Crippen molar-refractivity contribution in [2.45, 2.75) is 50.6 Å². The fourth-order valence-electron chi connectivity index (χ4n) is 5.80. The number of hydrogen-bond acceptors (Lipinski definition) is 7. The Morgan fingerprint density at radius 2 is 2.12 bits per heavy atom. The predicted octanol–water partition coefficient (Wildman–Crippen LogP) is 2.73. The van der Waals surface area contributed by atoms with Gasteiger partial charge >= 0.3 is 0 Å². The first kappa shape index (κ1) is 22.2. The zero-order valence-electron chi connectivity index (χ0n) is 19.5. The van der Waals surface area contributed by atoms with Gasteiger partial charge in [-0.1, -0.05) is 24.8 Å². The minimum Gasteiger partial charge on any atom is -0.368 e. The van der Waals surface area contributed by atoms with Crippen LogP contribution < -0.4 is 15.5 Å². The molecule has 0 radical (unpaired) electrons. The van der Waals surface area contributed by atoms with Gasteiger partial charge in [-0.25, -0.2) is 4.98 Å². The summed E-state index contributed by atoms with van der Waals surface area (Å²) in [4.78, 5) is 28.1. The molecule has 3 heterocycles. The number of piperazine rings is 1. The summed E-state index contributed by atoms with van der Waals surface area (Å²) < 4.78 is 0. The van der Waals surface area contributed by atoms with Crippen LogP contribution in [0.25, 0.3) is 0 Å². The number of rotatable bonds is 4. The van der Waals surface area contributed by atoms with Crippen molar-refractivity contribution in [1.29, 1.82) is 5.26 Å². The van der Waals surface area contributed by atoms with Crippen molar-refractivity contribution in [1.82, 2.24) is 14.9 Å². The van der Waals surface area contributed by atoms with E-state index in [0.29, 0.717) is 25.7 Å². The van der Waals surface area contributed by atoms with Crippen LogP contribution in [0.4, 0.5) is 17.5 Å². The summed E-state index contributed by atoms with van der Waals surface area (Å²) in [5.74, 6) is 1.03. The molecule has 0 spiro atoms. The van der Waals surface area contributed by atoms with Gasteiger partial charge in [0, 0.05) is 51.3 Å². The minimum atomic E-state index is -0.197. The van der Waals surface area contributed by atoms with E-state index in [4.69, 9.17) is 5.73 Å². The third-order valence-electron chi connectivity index (χ3n) is 7.40. The van der Waals surface area contributed by atoms with E-state index in [2.05, 4.69) is 56.7 Å². The largest absolute Gasteiger partial charge is 0.368 e. The van der Waals surface area contributed by atoms with Gasteiger partial charge in [0.2, 0.25) is 11.9 Å². The molecule has 1 amide bonds. The fourth-order valence-corrected chi connectivity index (χ4v) is 5.80. The molecule has 178 valence electrons. The van der Waals surface area contributed by atoms with Gasteiger partial charge in [-0.15, -0.1) is 0 Å². The SMILES string of the molecule is C=CC(=O)N1CCN(c2nc(N)nc3c2CCC(N2CCCc4ccccc42)C3)C[C@@H]1CC#N.[HH]. The van der Waals surface area contributed by atoms with Gasteiger partial charge in [-0.2, -0.15) is 10.2 Å². The number of nitrogen functional groups attached to an aromatic ring is 1. The third kappa shape index (κ3) is 4.07. The Hall–Kier alpha value is -3.60. The van der Waals surface area contributed by atoms with E-state index in [9.17, 15) is 10.1 Å². The van der Waals surface area contributed by atoms with Crippen LogP contribution in [0, 0.1) is 11.3 Å². The minimum absolute atomic E-state index is 0. The van der Waals surface area contributed by atoms with Crippen molar-refractivity contribution in [2.24, 2.45) is 0 Å². The Kier molecular flexibility index (Phi) is 6.10. The predicted molar refractivity (Wildman–Crippen MR) is 135 cm³/mol. The van der Waals surface area contributed by atoms with Crippen LogP contribution >= 0.6 is 0 Å². The Bertz CT molecular complexity index is 1150. The average Bonchev–Trinajstić information content (AvgIpc) is 2.87. The van der Waals surface area contributed by atoms with Crippen LogP contribution in [-0.2, 0) is 24.1 Å². The second kappa shape index (κ2) is 9.34. The highest BCUT2D eigenvalue weighted by atomic mass is 16.2. The molecule has 0 saturated carbocycles. The molecule has 8 nitrogen and oxygen atoms in total. The first-order valence-corrected chi connectivity index (χ1v) is 12.1. The zero-order chi connectivity index (χ0) is 23.7. The van der Waals surface area contributed by atoms with E-state index in [0.717, 1.165) is 49.3 Å². The molecule has 1 fully saturated rings. The molecule has 1 aromatic heterocycles. The number of carbonyl (C=O) groups excluding carboxylic acids is 1. The lowest BCUT2D eigenvalue weighted by Crippen LogP contribution is -2.55. The van der Waals surface area contributed by atoms with Gasteiger partial charge in [0.15, 0.2) is 0 Å². The molecule has 3 aliphatic rings. The summed E-state index contributed by atoms with van der Waals surface area (Å²) in [6, 6.07) is 11.2. The molecule has 8 heteroatoms. The van der Waals surface area contributed by atoms with E-state index in [1.54, 1.807) is 4.90 Å². The van der Waals surface area contributed by atoms with Crippen LogP contribution in [0.5, 0.6) is 0 Å². The fraction of sp³-hybridized carbons (Fsp3) is 0.462. The maximum absolute atomic E-state index is 12.3. The van der Waals surface area contributed by atoms with Crippen molar-refractivity contribution < 1.29 is 6.22 Å². The highest BCUT2D eigenvalue weighted by Crippen LogP contribution is 2.36. The van der Waals surface area contributed by atoms with E-state index in [-0.39, 0.29) is 25.7 Å². The number of benzene rings is 1. The summed E-state index contributed by atoms with van der Waals surface area (Å²) in [5, 5.41) is 9.32. The number of hydrogen-bond donors (Lipinski definition) is 1. The van der Waals surface area contributed by atoms with Gasteiger partial charge in [0.1, 0.15) is 5.82 Å². The number of nitriles is 1. The van der Waals surface area contributed by atoms with Crippen LogP contribution in [0.3, 0.4) is 0 Å². The zero-order valence-corrected chi connectivity index (χ0v) is 19.5. The number of nitrogens with zero attached hydrogens (tertiary/aromatic N) is 6. The first-order valence-electron chi connectivity index (χ1n) is 12.1. The van der Waals surface area contributed by atoms with Crippen LogP contribution in [0.1, 0.15) is 37.5 Å². The highest BCUT2D eigenvalue weighted by Gasteiger charge is 2.34. The Morgan fingerprint density at radius 3 is 2.94 bits per heavy atom. The molecule has 2 N–H and O–H groups in total. The molecule has 2 atom stereocenters. The number of para-hydroxylation sites is 1. The van der Waals surface area contributed by atoms with E-state index >= 15 is 0 Å². The summed E-state index contributed by atoms with van der Waals surface area (Å²) in [5.41, 5.74) is 11.2. The lowest BCUT2D eigenvalue weighted by molar-refractivity contribution is -0.128. The summed E-state index contributed by atoms with van der Waals surface area (Å²) in [7, 11) is 0. The maximum atomic E-state index is 12.3. The lowest BCUT2D eigenvalue weighted by Gasteiger charge is -2.43. The van der Waals surface area contributed by atoms with Crippen LogP contribution in [0.2, 0.25) is 0 Å². The quantitative estimate of drug-likeness (QED) is 0.701. The second-order valence-electron chi connectivity index (χ2n) is 9.35. The summed E-state index contributed by atoms with van der Waals surface area (Å²) in [6.07, 6.45) is 6.69. The summed E-state index contributed by atoms with van der Waals surface area (Å²) in [6.45, 7) is 6.41. The molecular weight excluding hydrogens is 426 g/mol. The van der Waals surface area contributed by atoms with Crippen LogP contribution in [-0.4, -0.2) is 59.0 Å². The van der Waals surface area contributed by atoms with E-state index < -0.39 is 0 Å². The molecule has 5 rings (SSSR count). The highest BCUT2D eigenvalue weighted by molar-refractivity contribution is 5.87. The number of carbonyl (C=O) groups is 1. The van der Waals surface area contributed by atoms with Crippen molar-refractivity contribution in [2.75, 3.05) is 41.7 Å². The average molecular weight is 460 g/mol. The van der Waals surface area contributed by atoms with Gasteiger partial charge in [0.25, 0.3) is 0 Å². The molecule has 2 aromatic rings. The smallest absolute Gasteiger partial charge is 0.246 e. The number of amides is 1. The van der Waals surface area contributed by atoms with Crippen molar-refractivity contribution >= 4 is 23.4 Å².